The summed E-state index contributed by atoms with van der Waals surface area (Å²) in [5.74, 6) is 0. The van der Waals surface area contributed by atoms with Gasteiger partial charge in [0.2, 0.25) is 0 Å². The fraction of sp³-hybridized carbons (Fsp3) is 0.467. The van der Waals surface area contributed by atoms with E-state index in [4.69, 9.17) is 0 Å². The summed E-state index contributed by atoms with van der Waals surface area (Å²) in [6.45, 7) is 11.8. The van der Waals surface area contributed by atoms with Crippen molar-refractivity contribution in [3.05, 3.63) is 47.5 Å². The van der Waals surface area contributed by atoms with E-state index in [-0.39, 0.29) is 0 Å². The molecule has 0 aliphatic heterocycles. The summed E-state index contributed by atoms with van der Waals surface area (Å²) >= 11 is 0. The quantitative estimate of drug-likeness (QED) is 0.511. The van der Waals surface area contributed by atoms with E-state index in [1.165, 1.54) is 17.6 Å². The average Bonchev–Trinajstić information content (AvgIpc) is 2.16. The molecule has 0 aliphatic rings. The molecule has 1 atom stereocenters. The third-order valence-electron chi connectivity index (χ3n) is 2.95. The lowest BCUT2D eigenvalue weighted by atomic mass is 10.1. The van der Waals surface area contributed by atoms with Crippen molar-refractivity contribution in [3.8, 4) is 0 Å². The van der Waals surface area contributed by atoms with Crippen molar-refractivity contribution in [2.24, 2.45) is 0 Å². The second kappa shape index (κ2) is 5.49. The molecule has 0 radical (unpaired) electrons. The second-order valence-corrected chi connectivity index (χ2v) is 11.4. The van der Waals surface area contributed by atoms with Gasteiger partial charge in [-0.2, -0.15) is 0 Å². The van der Waals surface area contributed by atoms with Crippen molar-refractivity contribution in [3.63, 3.8) is 0 Å². The minimum absolute atomic E-state index is 0.750. The monoisotopic (exact) mass is 232 g/mol. The topological polar surface area (TPSA) is 0 Å². The van der Waals surface area contributed by atoms with Crippen LogP contribution in [0.4, 0.5) is 0 Å². The number of rotatable bonds is 4. The van der Waals surface area contributed by atoms with Gasteiger partial charge in [-0.1, -0.05) is 61.6 Å². The maximum absolute atomic E-state index is 2.47. The first-order valence-corrected chi connectivity index (χ1v) is 9.66. The zero-order valence-corrected chi connectivity index (χ0v) is 12.2. The number of benzene rings is 1. The molecule has 0 fully saturated rings. The minimum atomic E-state index is -1.11. The second-order valence-electron chi connectivity index (χ2n) is 5.91. The Hall–Kier alpha value is -0.823. The summed E-state index contributed by atoms with van der Waals surface area (Å²) in [6.07, 6.45) is 3.67. The van der Waals surface area contributed by atoms with Gasteiger partial charge in [-0.05, 0) is 31.4 Å². The standard InChI is InChI=1S/C15H24Si/c1-13(2)11-15(16(3,4)5)12-14-9-7-6-8-10-14/h6-11,15H,12H2,1-5H3. The van der Waals surface area contributed by atoms with Gasteiger partial charge in [0.15, 0.2) is 0 Å². The van der Waals surface area contributed by atoms with Gasteiger partial charge in [-0.25, -0.2) is 0 Å². The molecule has 0 nitrogen and oxygen atoms in total. The van der Waals surface area contributed by atoms with Gasteiger partial charge in [0.25, 0.3) is 0 Å². The van der Waals surface area contributed by atoms with Gasteiger partial charge in [0.1, 0.15) is 0 Å². The van der Waals surface area contributed by atoms with E-state index >= 15 is 0 Å². The first-order chi connectivity index (χ1) is 7.39. The van der Waals surface area contributed by atoms with Crippen LogP contribution in [0.15, 0.2) is 42.0 Å². The molecule has 0 aliphatic carbocycles. The molecule has 88 valence electrons. The highest BCUT2D eigenvalue weighted by molar-refractivity contribution is 6.78. The molecule has 1 aromatic rings. The fourth-order valence-electron chi connectivity index (χ4n) is 1.89. The van der Waals surface area contributed by atoms with Crippen LogP contribution in [0.3, 0.4) is 0 Å². The lowest BCUT2D eigenvalue weighted by molar-refractivity contribution is 0.941. The molecule has 1 unspecified atom stereocenters. The van der Waals surface area contributed by atoms with Crippen molar-refractivity contribution in [1.82, 2.24) is 0 Å². The van der Waals surface area contributed by atoms with Crippen LogP contribution >= 0.6 is 0 Å². The largest absolute Gasteiger partial charge is 0.0851 e. The van der Waals surface area contributed by atoms with Gasteiger partial charge in [-0.3, -0.25) is 0 Å². The molecular weight excluding hydrogens is 208 g/mol. The lowest BCUT2D eigenvalue weighted by Gasteiger charge is -2.27. The highest BCUT2D eigenvalue weighted by Crippen LogP contribution is 2.28. The van der Waals surface area contributed by atoms with E-state index in [2.05, 4.69) is 69.9 Å². The average molecular weight is 232 g/mol. The summed E-state index contributed by atoms with van der Waals surface area (Å²) in [7, 11) is -1.11. The van der Waals surface area contributed by atoms with Crippen LogP contribution in [-0.4, -0.2) is 8.07 Å². The van der Waals surface area contributed by atoms with Gasteiger partial charge < -0.3 is 0 Å². The first kappa shape index (κ1) is 13.2. The third-order valence-corrected chi connectivity index (χ3v) is 5.54. The molecule has 0 N–H and O–H groups in total. The highest BCUT2D eigenvalue weighted by atomic mass is 28.3. The molecule has 0 amide bonds. The Morgan fingerprint density at radius 1 is 1.12 bits per heavy atom. The Balaban J connectivity index is 2.84. The van der Waals surface area contributed by atoms with Crippen LogP contribution in [0, 0.1) is 0 Å². The highest BCUT2D eigenvalue weighted by Gasteiger charge is 2.24. The normalized spacial score (nSPS) is 13.3. The van der Waals surface area contributed by atoms with Crippen molar-refractivity contribution >= 4 is 8.07 Å². The number of allylic oxidation sites excluding steroid dienone is 2. The lowest BCUT2D eigenvalue weighted by Crippen LogP contribution is -2.28. The van der Waals surface area contributed by atoms with Crippen molar-refractivity contribution in [2.75, 3.05) is 0 Å². The zero-order chi connectivity index (χ0) is 12.2. The summed E-state index contributed by atoms with van der Waals surface area (Å²) in [6, 6.07) is 10.9. The molecule has 0 heterocycles. The number of hydrogen-bond donors (Lipinski definition) is 0. The molecule has 0 spiro atoms. The Morgan fingerprint density at radius 2 is 1.69 bits per heavy atom. The van der Waals surface area contributed by atoms with Crippen LogP contribution in [-0.2, 0) is 6.42 Å². The predicted octanol–water partition coefficient (Wildman–Crippen LogP) is 4.90. The van der Waals surface area contributed by atoms with Crippen LogP contribution in [0.5, 0.6) is 0 Å². The van der Waals surface area contributed by atoms with Crippen LogP contribution in [0.25, 0.3) is 0 Å². The molecule has 1 aromatic carbocycles. The van der Waals surface area contributed by atoms with Gasteiger partial charge in [0, 0.05) is 0 Å². The molecule has 0 saturated heterocycles. The van der Waals surface area contributed by atoms with E-state index < -0.39 is 8.07 Å². The minimum Gasteiger partial charge on any atom is -0.0851 e. The van der Waals surface area contributed by atoms with Crippen molar-refractivity contribution in [1.29, 1.82) is 0 Å². The maximum atomic E-state index is 2.47. The first-order valence-electron chi connectivity index (χ1n) is 6.08. The van der Waals surface area contributed by atoms with Crippen LogP contribution < -0.4 is 0 Å². The molecule has 1 rings (SSSR count). The van der Waals surface area contributed by atoms with E-state index in [1.807, 2.05) is 0 Å². The van der Waals surface area contributed by atoms with Crippen LogP contribution in [0.1, 0.15) is 19.4 Å². The van der Waals surface area contributed by atoms with E-state index in [0.717, 1.165) is 5.54 Å². The van der Waals surface area contributed by atoms with Gasteiger partial charge in [0.05, 0.1) is 8.07 Å². The van der Waals surface area contributed by atoms with E-state index in [1.54, 1.807) is 0 Å². The summed E-state index contributed by atoms with van der Waals surface area (Å²) in [5, 5.41) is 0. The molecule has 1 heteroatoms. The summed E-state index contributed by atoms with van der Waals surface area (Å²) in [5.41, 5.74) is 3.66. The van der Waals surface area contributed by atoms with Crippen molar-refractivity contribution in [2.45, 2.75) is 45.5 Å². The van der Waals surface area contributed by atoms with Gasteiger partial charge in [-0.15, -0.1) is 0 Å². The number of hydrogen-bond acceptors (Lipinski definition) is 0. The predicted molar refractivity (Wildman–Crippen MR) is 76.7 cm³/mol. The Morgan fingerprint density at radius 3 is 2.12 bits per heavy atom. The summed E-state index contributed by atoms with van der Waals surface area (Å²) in [4.78, 5) is 0. The van der Waals surface area contributed by atoms with E-state index in [9.17, 15) is 0 Å². The zero-order valence-electron chi connectivity index (χ0n) is 11.2. The molecule has 16 heavy (non-hydrogen) atoms. The smallest absolute Gasteiger partial charge is 0.0518 e. The molecule has 0 bridgehead atoms. The SMILES string of the molecule is CC(C)=CC(Cc1ccccc1)[Si](C)(C)C. The van der Waals surface area contributed by atoms with E-state index in [0.29, 0.717) is 0 Å². The summed E-state index contributed by atoms with van der Waals surface area (Å²) < 4.78 is 0. The van der Waals surface area contributed by atoms with Crippen LogP contribution in [0.2, 0.25) is 25.2 Å². The molecular formula is C15H24Si. The Labute approximate surface area is 101 Å². The third kappa shape index (κ3) is 4.36. The fourth-order valence-corrected chi connectivity index (χ4v) is 3.57. The Kier molecular flexibility index (Phi) is 4.54. The maximum Gasteiger partial charge on any atom is 0.0518 e. The molecule has 0 aromatic heterocycles. The molecule has 0 saturated carbocycles. The Bertz CT molecular complexity index is 339. The van der Waals surface area contributed by atoms with Gasteiger partial charge >= 0.3 is 0 Å². The van der Waals surface area contributed by atoms with Crippen molar-refractivity contribution < 1.29 is 0 Å².